The largest absolute Gasteiger partial charge is 0.348 e. The van der Waals surface area contributed by atoms with Crippen molar-refractivity contribution in [3.8, 4) is 5.82 Å². The van der Waals surface area contributed by atoms with Gasteiger partial charge in [-0.1, -0.05) is 53.5 Å². The van der Waals surface area contributed by atoms with Gasteiger partial charge in [-0.15, -0.1) is 0 Å². The van der Waals surface area contributed by atoms with Crippen LogP contribution in [-0.2, 0) is 0 Å². The SMILES string of the molecule is C[C@H](Nc1nccc(-n2cnc3cc(Cl)c(Cl)cc32)n1)c1ccccc1. The maximum absolute atomic E-state index is 6.15. The van der Waals surface area contributed by atoms with E-state index in [1.54, 1.807) is 24.7 Å². The van der Waals surface area contributed by atoms with E-state index in [0.29, 0.717) is 21.8 Å². The summed E-state index contributed by atoms with van der Waals surface area (Å²) in [5, 5.41) is 4.28. The first-order valence-corrected chi connectivity index (χ1v) is 8.84. The molecule has 7 heteroatoms. The van der Waals surface area contributed by atoms with E-state index in [-0.39, 0.29) is 6.04 Å². The van der Waals surface area contributed by atoms with Crippen molar-refractivity contribution in [3.05, 3.63) is 76.7 Å². The van der Waals surface area contributed by atoms with Gasteiger partial charge in [0.05, 0.1) is 27.1 Å². The Morgan fingerprint density at radius 3 is 2.58 bits per heavy atom. The Labute approximate surface area is 160 Å². The number of nitrogens with one attached hydrogen (secondary N) is 1. The van der Waals surface area contributed by atoms with Crippen LogP contribution in [0.3, 0.4) is 0 Å². The minimum atomic E-state index is 0.0826. The molecule has 0 aliphatic heterocycles. The first-order valence-electron chi connectivity index (χ1n) is 8.09. The summed E-state index contributed by atoms with van der Waals surface area (Å²) in [6, 6.07) is 15.6. The quantitative estimate of drug-likeness (QED) is 0.519. The van der Waals surface area contributed by atoms with Crippen LogP contribution in [0.25, 0.3) is 16.9 Å². The summed E-state index contributed by atoms with van der Waals surface area (Å²) in [7, 11) is 0. The van der Waals surface area contributed by atoms with E-state index in [9.17, 15) is 0 Å². The third-order valence-corrected chi connectivity index (χ3v) is 4.84. The topological polar surface area (TPSA) is 55.6 Å². The van der Waals surface area contributed by atoms with E-state index >= 15 is 0 Å². The second-order valence-corrected chi connectivity index (χ2v) is 6.70. The zero-order valence-corrected chi connectivity index (χ0v) is 15.4. The Morgan fingerprint density at radius 1 is 1.00 bits per heavy atom. The van der Waals surface area contributed by atoms with Crippen LogP contribution in [0.4, 0.5) is 5.95 Å². The van der Waals surface area contributed by atoms with Crippen molar-refractivity contribution in [1.82, 2.24) is 19.5 Å². The summed E-state index contributed by atoms with van der Waals surface area (Å²) in [6.45, 7) is 2.07. The van der Waals surface area contributed by atoms with E-state index in [4.69, 9.17) is 23.2 Å². The van der Waals surface area contributed by atoms with Crippen LogP contribution in [-0.4, -0.2) is 19.5 Å². The van der Waals surface area contributed by atoms with Gasteiger partial charge in [0.1, 0.15) is 12.1 Å². The monoisotopic (exact) mass is 383 g/mol. The average Bonchev–Trinajstić information content (AvgIpc) is 3.05. The van der Waals surface area contributed by atoms with Gasteiger partial charge in [0.15, 0.2) is 0 Å². The number of hydrogen-bond donors (Lipinski definition) is 1. The molecule has 0 spiro atoms. The first-order chi connectivity index (χ1) is 12.6. The Kier molecular flexibility index (Phi) is 4.49. The molecule has 0 amide bonds. The average molecular weight is 384 g/mol. The van der Waals surface area contributed by atoms with Crippen molar-refractivity contribution in [3.63, 3.8) is 0 Å². The molecule has 4 rings (SSSR count). The fraction of sp³-hybridized carbons (Fsp3) is 0.105. The van der Waals surface area contributed by atoms with Crippen LogP contribution in [0.1, 0.15) is 18.5 Å². The van der Waals surface area contributed by atoms with E-state index < -0.39 is 0 Å². The van der Waals surface area contributed by atoms with Gasteiger partial charge < -0.3 is 5.32 Å². The minimum absolute atomic E-state index is 0.0826. The number of benzene rings is 2. The Morgan fingerprint density at radius 2 is 1.77 bits per heavy atom. The molecule has 4 aromatic rings. The number of halogens is 2. The molecule has 1 N–H and O–H groups in total. The molecule has 0 unspecified atom stereocenters. The number of hydrogen-bond acceptors (Lipinski definition) is 4. The van der Waals surface area contributed by atoms with Crippen molar-refractivity contribution in [2.24, 2.45) is 0 Å². The van der Waals surface area contributed by atoms with Crippen molar-refractivity contribution < 1.29 is 0 Å². The molecular formula is C19H15Cl2N5. The summed E-state index contributed by atoms with van der Waals surface area (Å²) in [5.41, 5.74) is 2.75. The number of anilines is 1. The standard InChI is InChI=1S/C19H15Cl2N5/c1-12(13-5-3-2-4-6-13)24-19-22-8-7-18(25-19)26-11-23-16-9-14(20)15(21)10-17(16)26/h2-12H,1H3,(H,22,24,25)/t12-/m0/s1. The normalized spacial score (nSPS) is 12.3. The van der Waals surface area contributed by atoms with E-state index in [2.05, 4.69) is 39.3 Å². The van der Waals surface area contributed by atoms with Gasteiger partial charge in [-0.2, -0.15) is 4.98 Å². The zero-order valence-electron chi connectivity index (χ0n) is 13.9. The maximum Gasteiger partial charge on any atom is 0.225 e. The Bertz CT molecular complexity index is 1060. The van der Waals surface area contributed by atoms with Crippen LogP contribution in [0.15, 0.2) is 61.1 Å². The molecule has 2 aromatic carbocycles. The highest BCUT2D eigenvalue weighted by molar-refractivity contribution is 6.42. The molecule has 26 heavy (non-hydrogen) atoms. The van der Waals surface area contributed by atoms with Crippen LogP contribution in [0, 0.1) is 0 Å². The predicted octanol–water partition coefficient (Wildman–Crippen LogP) is 5.30. The van der Waals surface area contributed by atoms with Gasteiger partial charge in [-0.05, 0) is 30.7 Å². The molecule has 5 nitrogen and oxygen atoms in total. The van der Waals surface area contributed by atoms with Gasteiger partial charge in [0.25, 0.3) is 0 Å². The Balaban J connectivity index is 1.67. The van der Waals surface area contributed by atoms with Crippen LogP contribution in [0.2, 0.25) is 10.0 Å². The fourth-order valence-corrected chi connectivity index (χ4v) is 3.07. The molecule has 0 saturated carbocycles. The zero-order chi connectivity index (χ0) is 18.1. The van der Waals surface area contributed by atoms with E-state index in [1.165, 1.54) is 0 Å². The summed E-state index contributed by atoms with van der Waals surface area (Å²) in [5.74, 6) is 1.24. The summed E-state index contributed by atoms with van der Waals surface area (Å²) in [6.07, 6.45) is 3.41. The third kappa shape index (κ3) is 3.23. The second-order valence-electron chi connectivity index (χ2n) is 5.88. The van der Waals surface area contributed by atoms with E-state index in [1.807, 2.05) is 28.8 Å². The first kappa shape index (κ1) is 16.8. The molecule has 1 atom stereocenters. The minimum Gasteiger partial charge on any atom is -0.348 e. The highest BCUT2D eigenvalue weighted by atomic mass is 35.5. The number of imidazole rings is 1. The molecule has 2 aromatic heterocycles. The molecule has 0 aliphatic rings. The number of rotatable bonds is 4. The molecule has 2 heterocycles. The molecule has 0 saturated heterocycles. The maximum atomic E-state index is 6.15. The highest BCUT2D eigenvalue weighted by Crippen LogP contribution is 2.28. The van der Waals surface area contributed by atoms with Crippen molar-refractivity contribution in [2.45, 2.75) is 13.0 Å². The summed E-state index contributed by atoms with van der Waals surface area (Å²) < 4.78 is 1.86. The van der Waals surface area contributed by atoms with E-state index in [0.717, 1.165) is 16.6 Å². The molecule has 130 valence electrons. The Hall–Kier alpha value is -2.63. The van der Waals surface area contributed by atoms with Gasteiger partial charge in [-0.3, -0.25) is 4.57 Å². The molecule has 0 fully saturated rings. The molecule has 0 aliphatic carbocycles. The van der Waals surface area contributed by atoms with Crippen LogP contribution < -0.4 is 5.32 Å². The lowest BCUT2D eigenvalue weighted by Gasteiger charge is -2.14. The van der Waals surface area contributed by atoms with Gasteiger partial charge >= 0.3 is 0 Å². The second kappa shape index (κ2) is 6.94. The smallest absolute Gasteiger partial charge is 0.225 e. The highest BCUT2D eigenvalue weighted by Gasteiger charge is 2.11. The predicted molar refractivity (Wildman–Crippen MR) is 105 cm³/mol. The van der Waals surface area contributed by atoms with Crippen molar-refractivity contribution in [2.75, 3.05) is 5.32 Å². The molecular weight excluding hydrogens is 369 g/mol. The van der Waals surface area contributed by atoms with Gasteiger partial charge in [0, 0.05) is 6.20 Å². The van der Waals surface area contributed by atoms with Crippen LogP contribution in [0.5, 0.6) is 0 Å². The van der Waals surface area contributed by atoms with Crippen molar-refractivity contribution in [1.29, 1.82) is 0 Å². The van der Waals surface area contributed by atoms with Crippen molar-refractivity contribution >= 4 is 40.2 Å². The number of fused-ring (bicyclic) bond motifs is 1. The lowest BCUT2D eigenvalue weighted by molar-refractivity contribution is 0.854. The summed E-state index contributed by atoms with van der Waals surface area (Å²) >= 11 is 12.2. The van der Waals surface area contributed by atoms with Gasteiger partial charge in [-0.25, -0.2) is 9.97 Å². The molecule has 0 radical (unpaired) electrons. The van der Waals surface area contributed by atoms with Gasteiger partial charge in [0.2, 0.25) is 5.95 Å². The number of aromatic nitrogens is 4. The summed E-state index contributed by atoms with van der Waals surface area (Å²) in [4.78, 5) is 13.3. The van der Waals surface area contributed by atoms with Crippen LogP contribution >= 0.6 is 23.2 Å². The fourth-order valence-electron chi connectivity index (χ4n) is 2.76. The lowest BCUT2D eigenvalue weighted by Crippen LogP contribution is -2.10. The lowest BCUT2D eigenvalue weighted by atomic mass is 10.1. The molecule has 0 bridgehead atoms. The number of nitrogens with zero attached hydrogens (tertiary/aromatic N) is 4. The third-order valence-electron chi connectivity index (χ3n) is 4.12.